The molecule has 0 atom stereocenters. The number of halogens is 1. The molecular formula is C40H50ClGaN6O8. The van der Waals surface area contributed by atoms with Gasteiger partial charge in [0.25, 0.3) is 0 Å². The predicted octanol–water partition coefficient (Wildman–Crippen LogP) is -0.691. The van der Waals surface area contributed by atoms with Crippen LogP contribution in [0.5, 0.6) is 0 Å². The van der Waals surface area contributed by atoms with E-state index in [1.165, 1.54) is 5.56 Å². The Morgan fingerprint density at radius 1 is 0.607 bits per heavy atom. The van der Waals surface area contributed by atoms with Gasteiger partial charge in [0.1, 0.15) is 0 Å². The standard InChI is InChI=1S/C34H38N4O4.2C3H7NO2.ClH.Ga/c1-7-21-17(3)25-13-26-19(5)23(9-11-33(39)40)31(37-26)16-32-24(10-12-34(41)42)20(6)28(38-32)15-30-22(8-2)18(4)27(36-30)14-29(21)35-25;2*4-3(6)1-2-5;;/h13-16,35,38H,7-12H2,1-6H3,(H,39,40)(H,41,42);2*5H,1-2H2,(H2,4,6);1H;/q;;;;+3/p-3. The summed E-state index contributed by atoms with van der Waals surface area (Å²) in [5, 5.41) is 38.7. The Hall–Kier alpha value is -4.67. The fraction of sp³-hybridized carbons (Fsp3) is 0.400. The third-order valence-electron chi connectivity index (χ3n) is 9.38. The van der Waals surface area contributed by atoms with E-state index in [4.69, 9.17) is 20.2 Å². The van der Waals surface area contributed by atoms with Gasteiger partial charge in [0.2, 0.25) is 11.8 Å². The molecule has 2 amide bonds. The van der Waals surface area contributed by atoms with Crippen LogP contribution in [0.4, 0.5) is 0 Å². The minimum Gasteiger partial charge on any atom is -1.00 e. The minimum absolute atomic E-state index is 0. The molecule has 56 heavy (non-hydrogen) atoms. The van der Waals surface area contributed by atoms with Crippen molar-refractivity contribution < 1.29 is 52.0 Å². The number of amides is 2. The van der Waals surface area contributed by atoms with E-state index in [9.17, 15) is 29.4 Å². The molecule has 8 N–H and O–H groups in total. The summed E-state index contributed by atoms with van der Waals surface area (Å²) >= 11 is 0. The number of allylic oxidation sites excluding steroid dienone is 4. The third kappa shape index (κ3) is 12.7. The van der Waals surface area contributed by atoms with Crippen molar-refractivity contribution in [2.75, 3.05) is 13.2 Å². The van der Waals surface area contributed by atoms with Crippen LogP contribution < -0.4 is 34.1 Å². The number of carboxylic acid groups (broad SMARTS) is 2. The van der Waals surface area contributed by atoms with Gasteiger partial charge < -0.3 is 63.9 Å². The fourth-order valence-electron chi connectivity index (χ4n) is 6.43. The van der Waals surface area contributed by atoms with Crippen molar-refractivity contribution in [1.29, 1.82) is 0 Å². The number of H-pyrrole nitrogens is 2. The fourth-order valence-corrected chi connectivity index (χ4v) is 6.43. The van der Waals surface area contributed by atoms with E-state index in [2.05, 4.69) is 55.2 Å². The molecule has 5 rings (SSSR count). The van der Waals surface area contributed by atoms with Crippen LogP contribution in [-0.4, -0.2) is 86.9 Å². The zero-order chi connectivity index (χ0) is 40.3. The monoisotopic (exact) mass is 846 g/mol. The molecule has 2 aliphatic rings. The van der Waals surface area contributed by atoms with Gasteiger partial charge in [-0.1, -0.05) is 13.8 Å². The molecule has 8 bridgehead atoms. The minimum atomic E-state index is -1.12. The molecule has 0 aliphatic carbocycles. The van der Waals surface area contributed by atoms with E-state index in [0.717, 1.165) is 91.0 Å². The van der Waals surface area contributed by atoms with Crippen LogP contribution in [0.15, 0.2) is 24.3 Å². The van der Waals surface area contributed by atoms with Crippen LogP contribution >= 0.6 is 0 Å². The summed E-state index contributed by atoms with van der Waals surface area (Å²) in [7, 11) is 0. The van der Waals surface area contributed by atoms with Crippen molar-refractivity contribution in [2.24, 2.45) is 11.5 Å². The summed E-state index contributed by atoms with van der Waals surface area (Å²) in [6, 6.07) is 8.09. The Bertz CT molecular complexity index is 2140. The van der Waals surface area contributed by atoms with Gasteiger partial charge in [-0.15, -0.1) is 0 Å². The zero-order valence-corrected chi connectivity index (χ0v) is 35.9. The number of hydrogen-bond acceptors (Lipinski definition) is 10. The summed E-state index contributed by atoms with van der Waals surface area (Å²) in [6.45, 7) is 12.1. The number of nitrogens with two attached hydrogens (primary N) is 2. The van der Waals surface area contributed by atoms with Gasteiger partial charge in [-0.25, -0.2) is 9.97 Å². The molecule has 5 heterocycles. The number of aromatic nitrogens is 4. The van der Waals surface area contributed by atoms with E-state index < -0.39 is 23.8 Å². The first-order valence-electron chi connectivity index (χ1n) is 17.9. The summed E-state index contributed by atoms with van der Waals surface area (Å²) < 4.78 is 0. The zero-order valence-electron chi connectivity index (χ0n) is 32.7. The number of aliphatic hydroxyl groups excluding tert-OH is 2. The van der Waals surface area contributed by atoms with Crippen LogP contribution in [0.3, 0.4) is 0 Å². The number of aryl methyl sites for hydroxylation is 4. The summed E-state index contributed by atoms with van der Waals surface area (Å²) in [5.74, 6) is -3.16. The van der Waals surface area contributed by atoms with Crippen molar-refractivity contribution in [3.63, 3.8) is 0 Å². The van der Waals surface area contributed by atoms with Crippen molar-refractivity contribution >= 4 is 87.9 Å². The average molecular weight is 848 g/mol. The number of nitrogens with zero attached hydrogens (tertiary/aromatic N) is 2. The van der Waals surface area contributed by atoms with Gasteiger partial charge in [-0.3, -0.25) is 9.59 Å². The van der Waals surface area contributed by atoms with Crippen molar-refractivity contribution in [3.05, 3.63) is 69.3 Å². The second-order valence-corrected chi connectivity index (χ2v) is 13.0. The Morgan fingerprint density at radius 3 is 1.43 bits per heavy atom. The number of aliphatic carboxylic acids is 2. The Balaban J connectivity index is 0.000000976. The molecule has 2 aliphatic heterocycles. The van der Waals surface area contributed by atoms with Gasteiger partial charge in [0.15, 0.2) is 0 Å². The molecule has 298 valence electrons. The Kier molecular flexibility index (Phi) is 20.1. The number of fused-ring (bicyclic) bond motifs is 8. The predicted molar refractivity (Wildman–Crippen MR) is 210 cm³/mol. The van der Waals surface area contributed by atoms with Crippen molar-refractivity contribution in [1.82, 2.24) is 19.9 Å². The molecule has 0 unspecified atom stereocenters. The molecule has 0 radical (unpaired) electrons. The largest absolute Gasteiger partial charge is 3.00 e. The first-order chi connectivity index (χ1) is 25.6. The Labute approximate surface area is 345 Å². The molecule has 3 aromatic rings. The van der Waals surface area contributed by atoms with Gasteiger partial charge in [-0.05, 0) is 135 Å². The molecule has 0 saturated carbocycles. The molecular weight excluding hydrogens is 798 g/mol. The van der Waals surface area contributed by atoms with Crippen LogP contribution in [0.1, 0.15) is 111 Å². The molecule has 0 aromatic carbocycles. The normalized spacial score (nSPS) is 11.7. The summed E-state index contributed by atoms with van der Waals surface area (Å²) in [4.78, 5) is 59.3. The average Bonchev–Trinajstić information content (AvgIpc) is 3.75. The third-order valence-corrected chi connectivity index (χ3v) is 9.38. The van der Waals surface area contributed by atoms with Gasteiger partial charge in [0, 0.05) is 46.8 Å². The van der Waals surface area contributed by atoms with E-state index >= 15 is 0 Å². The van der Waals surface area contributed by atoms with E-state index in [1.807, 2.05) is 32.0 Å². The van der Waals surface area contributed by atoms with Crippen molar-refractivity contribution in [2.45, 2.75) is 92.9 Å². The SMILES string of the molecule is CCC1=C(C)c2cc3[nH]c(cc4nc(cc5[nH]c(cc1n2)c(C)c5CCC(=O)[O-])C(CCC(=O)[O-])=C4C)c(C)c3CC.NC(=O)CCO.NC(=O)CCO.[Cl-].[Ga+3]. The van der Waals surface area contributed by atoms with Crippen LogP contribution in [0.2, 0.25) is 0 Å². The smallest absolute Gasteiger partial charge is 1.00 e. The maximum Gasteiger partial charge on any atom is 3.00 e. The van der Waals surface area contributed by atoms with Crippen LogP contribution in [0, 0.1) is 13.8 Å². The Morgan fingerprint density at radius 2 is 1.00 bits per heavy atom. The number of nitrogens with one attached hydrogen (secondary N) is 2. The van der Waals surface area contributed by atoms with Crippen molar-refractivity contribution in [3.8, 4) is 0 Å². The number of carbonyl (C=O) groups is 4. The first-order valence-corrected chi connectivity index (χ1v) is 17.9. The van der Waals surface area contributed by atoms with Gasteiger partial charge in [0.05, 0.1) is 36.0 Å². The van der Waals surface area contributed by atoms with Crippen LogP contribution in [0.25, 0.3) is 44.4 Å². The molecule has 14 nitrogen and oxygen atoms in total. The molecule has 16 heteroatoms. The van der Waals surface area contributed by atoms with E-state index in [-0.39, 0.29) is 83.9 Å². The second kappa shape index (κ2) is 22.8. The molecule has 0 saturated heterocycles. The summed E-state index contributed by atoms with van der Waals surface area (Å²) in [5.41, 5.74) is 24.1. The van der Waals surface area contributed by atoms with Gasteiger partial charge in [-0.2, -0.15) is 0 Å². The molecule has 0 fully saturated rings. The first kappa shape index (κ1) is 49.3. The number of hydrogen-bond donors (Lipinski definition) is 6. The maximum atomic E-state index is 11.4. The maximum absolute atomic E-state index is 11.4. The van der Waals surface area contributed by atoms with E-state index in [1.54, 1.807) is 0 Å². The quantitative estimate of drug-likeness (QED) is 0.125. The van der Waals surface area contributed by atoms with E-state index in [0.29, 0.717) is 5.69 Å². The number of rotatable bonds is 12. The number of carbonyl (C=O) groups excluding carboxylic acids is 4. The van der Waals surface area contributed by atoms with Gasteiger partial charge >= 0.3 is 19.8 Å². The number of aliphatic hydroxyl groups is 2. The summed E-state index contributed by atoms with van der Waals surface area (Å²) in [6.07, 6.45) is 2.12. The topological polar surface area (TPSA) is 264 Å². The number of primary amides is 2. The number of carboxylic acids is 2. The second-order valence-electron chi connectivity index (χ2n) is 13.0. The van der Waals surface area contributed by atoms with Crippen LogP contribution in [-0.2, 0) is 32.0 Å². The number of aromatic amines is 2. The molecule has 0 spiro atoms. The molecule has 3 aromatic heterocycles.